The van der Waals surface area contributed by atoms with Crippen LogP contribution in [0.15, 0.2) is 24.3 Å². The Hall–Kier alpha value is -2.37. The maximum absolute atomic E-state index is 12.3. The topological polar surface area (TPSA) is 92.5 Å². The highest BCUT2D eigenvalue weighted by atomic mass is 16.2. The van der Waals surface area contributed by atoms with Gasteiger partial charge in [0.2, 0.25) is 17.7 Å². The van der Waals surface area contributed by atoms with Gasteiger partial charge in [-0.05, 0) is 30.5 Å². The molecule has 0 aromatic heterocycles. The fourth-order valence-corrected chi connectivity index (χ4v) is 2.63. The van der Waals surface area contributed by atoms with Gasteiger partial charge in [-0.3, -0.25) is 14.4 Å². The van der Waals surface area contributed by atoms with Gasteiger partial charge in [0.05, 0.1) is 12.3 Å². The van der Waals surface area contributed by atoms with Crippen molar-refractivity contribution in [1.82, 2.24) is 4.90 Å². The van der Waals surface area contributed by atoms with Crippen molar-refractivity contribution >= 4 is 23.4 Å². The van der Waals surface area contributed by atoms with Crippen LogP contribution >= 0.6 is 0 Å². The Balaban J connectivity index is 1.93. The lowest BCUT2D eigenvalue weighted by atomic mass is 9.97. The Bertz CT molecular complexity index is 569. The van der Waals surface area contributed by atoms with Crippen LogP contribution in [0.1, 0.15) is 25.3 Å². The number of amides is 3. The number of nitrogens with zero attached hydrogens (tertiary/aromatic N) is 1. The van der Waals surface area contributed by atoms with Crippen molar-refractivity contribution in [2.75, 3.05) is 18.4 Å². The number of primary amides is 1. The number of benzene rings is 1. The maximum Gasteiger partial charge on any atom is 0.227 e. The highest BCUT2D eigenvalue weighted by Gasteiger charge is 2.26. The third-order valence-corrected chi connectivity index (χ3v) is 3.81. The van der Waals surface area contributed by atoms with E-state index in [2.05, 4.69) is 5.32 Å². The monoisotopic (exact) mass is 303 g/mol. The number of rotatable bonds is 4. The molecule has 0 aliphatic carbocycles. The molecule has 0 radical (unpaired) electrons. The first-order chi connectivity index (χ1) is 10.5. The van der Waals surface area contributed by atoms with Gasteiger partial charge < -0.3 is 16.0 Å². The third-order valence-electron chi connectivity index (χ3n) is 3.81. The molecule has 1 aromatic rings. The molecule has 118 valence electrons. The van der Waals surface area contributed by atoms with Gasteiger partial charge in [0, 0.05) is 25.7 Å². The molecule has 1 saturated heterocycles. The fraction of sp³-hybridized carbons (Fsp3) is 0.438. The minimum atomic E-state index is -0.336. The van der Waals surface area contributed by atoms with Crippen LogP contribution in [-0.2, 0) is 20.8 Å². The molecule has 1 unspecified atom stereocenters. The number of hydrogen-bond donors (Lipinski definition) is 2. The van der Waals surface area contributed by atoms with Crippen LogP contribution in [0, 0.1) is 5.92 Å². The smallest absolute Gasteiger partial charge is 0.227 e. The van der Waals surface area contributed by atoms with Crippen LogP contribution in [-0.4, -0.2) is 35.7 Å². The van der Waals surface area contributed by atoms with Gasteiger partial charge in [0.25, 0.3) is 0 Å². The van der Waals surface area contributed by atoms with Crippen molar-refractivity contribution in [3.63, 3.8) is 0 Å². The van der Waals surface area contributed by atoms with E-state index < -0.39 is 0 Å². The van der Waals surface area contributed by atoms with E-state index in [0.717, 1.165) is 18.4 Å². The predicted octanol–water partition coefficient (Wildman–Crippen LogP) is 0.911. The molecule has 3 N–H and O–H groups in total. The Morgan fingerprint density at radius 3 is 2.55 bits per heavy atom. The zero-order chi connectivity index (χ0) is 16.1. The number of likely N-dealkylation sites (tertiary alicyclic amines) is 1. The first-order valence-corrected chi connectivity index (χ1v) is 7.39. The lowest BCUT2D eigenvalue weighted by Gasteiger charge is -2.31. The van der Waals surface area contributed by atoms with Gasteiger partial charge in [-0.1, -0.05) is 12.1 Å². The number of piperidine rings is 1. The average molecular weight is 303 g/mol. The van der Waals surface area contributed by atoms with Crippen molar-refractivity contribution in [2.24, 2.45) is 11.7 Å². The van der Waals surface area contributed by atoms with E-state index in [-0.39, 0.29) is 30.1 Å². The molecule has 1 atom stereocenters. The van der Waals surface area contributed by atoms with E-state index in [1.54, 1.807) is 17.0 Å². The Labute approximate surface area is 129 Å². The van der Waals surface area contributed by atoms with Crippen LogP contribution in [0.4, 0.5) is 5.69 Å². The second-order valence-electron chi connectivity index (χ2n) is 5.64. The molecule has 0 spiro atoms. The lowest BCUT2D eigenvalue weighted by Crippen LogP contribution is -2.44. The predicted molar refractivity (Wildman–Crippen MR) is 82.9 cm³/mol. The van der Waals surface area contributed by atoms with E-state index >= 15 is 0 Å². The fourth-order valence-electron chi connectivity index (χ4n) is 2.63. The van der Waals surface area contributed by atoms with E-state index in [0.29, 0.717) is 18.8 Å². The molecule has 1 aliphatic heterocycles. The highest BCUT2D eigenvalue weighted by Crippen LogP contribution is 2.18. The largest absolute Gasteiger partial charge is 0.369 e. The Kier molecular flexibility index (Phi) is 5.14. The number of hydrogen-bond acceptors (Lipinski definition) is 3. The number of carbonyl (C=O) groups excluding carboxylic acids is 3. The zero-order valence-electron chi connectivity index (χ0n) is 12.7. The number of carbonyl (C=O) groups is 3. The van der Waals surface area contributed by atoms with Crippen LogP contribution in [0.3, 0.4) is 0 Å². The van der Waals surface area contributed by atoms with Crippen molar-refractivity contribution < 1.29 is 14.4 Å². The summed E-state index contributed by atoms with van der Waals surface area (Å²) in [7, 11) is 0. The van der Waals surface area contributed by atoms with Crippen molar-refractivity contribution in [2.45, 2.75) is 26.2 Å². The Morgan fingerprint density at radius 1 is 1.27 bits per heavy atom. The lowest BCUT2D eigenvalue weighted by molar-refractivity contribution is -0.134. The molecular weight excluding hydrogens is 282 g/mol. The molecule has 0 saturated carbocycles. The summed E-state index contributed by atoms with van der Waals surface area (Å²) in [4.78, 5) is 36.2. The summed E-state index contributed by atoms with van der Waals surface area (Å²) < 4.78 is 0. The van der Waals surface area contributed by atoms with Crippen molar-refractivity contribution in [3.05, 3.63) is 29.8 Å². The summed E-state index contributed by atoms with van der Waals surface area (Å²) in [5.74, 6) is -0.704. The molecule has 6 nitrogen and oxygen atoms in total. The normalized spacial score (nSPS) is 17.9. The van der Waals surface area contributed by atoms with Crippen LogP contribution in [0.25, 0.3) is 0 Å². The molecule has 2 rings (SSSR count). The Morgan fingerprint density at radius 2 is 1.95 bits per heavy atom. The first kappa shape index (κ1) is 16.0. The van der Waals surface area contributed by atoms with Crippen LogP contribution in [0.2, 0.25) is 0 Å². The maximum atomic E-state index is 12.3. The number of anilines is 1. The third kappa shape index (κ3) is 4.31. The summed E-state index contributed by atoms with van der Waals surface area (Å²) in [6, 6.07) is 7.18. The second-order valence-corrected chi connectivity index (χ2v) is 5.64. The molecule has 1 aromatic carbocycles. The summed E-state index contributed by atoms with van der Waals surface area (Å²) in [5.41, 5.74) is 6.91. The standard InChI is InChI=1S/C16H21N3O3/c1-11(20)18-14-6-4-12(5-7-14)9-15(21)19-8-2-3-13(10-19)16(17)22/h4-7,13H,2-3,8-10H2,1H3,(H2,17,22)(H,18,20). The van der Waals surface area contributed by atoms with Crippen molar-refractivity contribution in [1.29, 1.82) is 0 Å². The zero-order valence-corrected chi connectivity index (χ0v) is 12.7. The van der Waals surface area contributed by atoms with Gasteiger partial charge in [-0.25, -0.2) is 0 Å². The van der Waals surface area contributed by atoms with Gasteiger partial charge in [-0.2, -0.15) is 0 Å². The minimum absolute atomic E-state index is 0.00164. The minimum Gasteiger partial charge on any atom is -0.369 e. The summed E-state index contributed by atoms with van der Waals surface area (Å²) in [5, 5.41) is 2.68. The van der Waals surface area contributed by atoms with Gasteiger partial charge >= 0.3 is 0 Å². The van der Waals surface area contributed by atoms with Gasteiger partial charge in [0.1, 0.15) is 0 Å². The van der Waals surface area contributed by atoms with E-state index in [1.807, 2.05) is 12.1 Å². The van der Waals surface area contributed by atoms with E-state index in [1.165, 1.54) is 6.92 Å². The molecule has 22 heavy (non-hydrogen) atoms. The number of nitrogens with one attached hydrogen (secondary N) is 1. The van der Waals surface area contributed by atoms with Crippen LogP contribution < -0.4 is 11.1 Å². The molecule has 3 amide bonds. The molecule has 1 aliphatic rings. The quantitative estimate of drug-likeness (QED) is 0.866. The van der Waals surface area contributed by atoms with Crippen LogP contribution in [0.5, 0.6) is 0 Å². The first-order valence-electron chi connectivity index (χ1n) is 7.39. The molecular formula is C16H21N3O3. The van der Waals surface area contributed by atoms with E-state index in [9.17, 15) is 14.4 Å². The summed E-state index contributed by atoms with van der Waals surface area (Å²) >= 11 is 0. The molecule has 6 heteroatoms. The summed E-state index contributed by atoms with van der Waals surface area (Å²) in [6.45, 7) is 2.54. The van der Waals surface area contributed by atoms with Gasteiger partial charge in [0.15, 0.2) is 0 Å². The average Bonchev–Trinajstić information content (AvgIpc) is 2.49. The van der Waals surface area contributed by atoms with Crippen molar-refractivity contribution in [3.8, 4) is 0 Å². The van der Waals surface area contributed by atoms with Gasteiger partial charge in [-0.15, -0.1) is 0 Å². The molecule has 1 heterocycles. The molecule has 0 bridgehead atoms. The molecule has 1 fully saturated rings. The SMILES string of the molecule is CC(=O)Nc1ccc(CC(=O)N2CCCC(C(N)=O)C2)cc1. The second kappa shape index (κ2) is 7.06. The summed E-state index contributed by atoms with van der Waals surface area (Å²) in [6.07, 6.45) is 1.84. The highest BCUT2D eigenvalue weighted by molar-refractivity contribution is 5.88. The number of nitrogens with two attached hydrogens (primary N) is 1. The van der Waals surface area contributed by atoms with E-state index in [4.69, 9.17) is 5.73 Å².